The maximum Gasteiger partial charge on any atom is 0.407 e. The third-order valence-corrected chi connectivity index (χ3v) is 5.23. The number of hydrogen-bond donors (Lipinski definition) is 1. The van der Waals surface area contributed by atoms with Gasteiger partial charge in [0.15, 0.2) is 5.78 Å². The molecule has 3 aliphatic rings. The van der Waals surface area contributed by atoms with Crippen LogP contribution in [0.5, 0.6) is 0 Å². The molecule has 3 heterocycles. The Morgan fingerprint density at radius 1 is 1.17 bits per heavy atom. The molecule has 1 atom stereocenters. The van der Waals surface area contributed by atoms with Crippen LogP contribution in [0.2, 0.25) is 0 Å². The van der Waals surface area contributed by atoms with Crippen molar-refractivity contribution < 1.29 is 23.5 Å². The van der Waals surface area contributed by atoms with Crippen LogP contribution >= 0.6 is 0 Å². The van der Waals surface area contributed by atoms with E-state index in [0.717, 1.165) is 19.3 Å². The van der Waals surface area contributed by atoms with Gasteiger partial charge in [-0.15, -0.1) is 0 Å². The van der Waals surface area contributed by atoms with Crippen LogP contribution in [0, 0.1) is 0 Å². The molecule has 128 valence electrons. The summed E-state index contributed by atoms with van der Waals surface area (Å²) in [5.41, 5.74) is 0.351. The second kappa shape index (κ2) is 5.65. The Morgan fingerprint density at radius 3 is 2.83 bits per heavy atom. The van der Waals surface area contributed by atoms with Crippen LogP contribution in [-0.2, 0) is 11.2 Å². The minimum absolute atomic E-state index is 0.00596. The standard InChI is InChI=1S/C17H20N2O5/c20-12-3-1-4-13-14(12)11(9-23-13)15(21)19-7-2-5-17(6-8-19)10-18-16(22)24-17/h9H,1-8,10H2,(H,18,22)/t17-/m1/s1. The number of nitrogens with one attached hydrogen (secondary N) is 1. The summed E-state index contributed by atoms with van der Waals surface area (Å²) in [6.07, 6.45) is 5.09. The molecule has 0 saturated carbocycles. The van der Waals surface area contributed by atoms with Crippen LogP contribution in [0.3, 0.4) is 0 Å². The van der Waals surface area contributed by atoms with Crippen molar-refractivity contribution in [2.45, 2.75) is 44.1 Å². The van der Waals surface area contributed by atoms with Gasteiger partial charge in [-0.2, -0.15) is 0 Å². The topological polar surface area (TPSA) is 88.9 Å². The third kappa shape index (κ3) is 2.48. The highest BCUT2D eigenvalue weighted by Gasteiger charge is 2.42. The van der Waals surface area contributed by atoms with E-state index in [1.165, 1.54) is 6.26 Å². The number of nitrogens with zero attached hydrogens (tertiary/aromatic N) is 1. The maximum atomic E-state index is 12.9. The SMILES string of the molecule is O=C1NC[C@]2(CCCN(C(=O)c3coc4c3C(=O)CCC4)CC2)O1. The number of aryl methyl sites for hydroxylation is 1. The highest BCUT2D eigenvalue weighted by Crippen LogP contribution is 2.31. The fourth-order valence-electron chi connectivity index (χ4n) is 3.90. The van der Waals surface area contributed by atoms with E-state index in [4.69, 9.17) is 9.15 Å². The molecule has 2 aliphatic heterocycles. The lowest BCUT2D eigenvalue weighted by molar-refractivity contribution is 0.0438. The maximum absolute atomic E-state index is 12.9. The first-order chi connectivity index (χ1) is 11.6. The molecule has 1 aromatic heterocycles. The molecule has 2 amide bonds. The van der Waals surface area contributed by atoms with Crippen molar-refractivity contribution in [3.8, 4) is 0 Å². The number of alkyl carbamates (subject to hydrolysis) is 1. The van der Waals surface area contributed by atoms with Gasteiger partial charge in [0.25, 0.3) is 5.91 Å². The summed E-state index contributed by atoms with van der Waals surface area (Å²) >= 11 is 0. The number of carbonyl (C=O) groups is 3. The van der Waals surface area contributed by atoms with Gasteiger partial charge >= 0.3 is 6.09 Å². The van der Waals surface area contributed by atoms with Crippen LogP contribution in [0.4, 0.5) is 4.79 Å². The zero-order valence-corrected chi connectivity index (χ0v) is 13.4. The van der Waals surface area contributed by atoms with Gasteiger partial charge in [-0.1, -0.05) is 0 Å². The highest BCUT2D eigenvalue weighted by atomic mass is 16.6. The van der Waals surface area contributed by atoms with Gasteiger partial charge in [-0.25, -0.2) is 4.79 Å². The summed E-state index contributed by atoms with van der Waals surface area (Å²) in [6, 6.07) is 0. The van der Waals surface area contributed by atoms with Gasteiger partial charge in [0.05, 0.1) is 17.7 Å². The number of likely N-dealkylation sites (tertiary alicyclic amines) is 1. The summed E-state index contributed by atoms with van der Waals surface area (Å²) < 4.78 is 10.9. The van der Waals surface area contributed by atoms with Crippen LogP contribution in [-0.4, -0.2) is 47.9 Å². The molecule has 1 aromatic rings. The molecule has 7 nitrogen and oxygen atoms in total. The van der Waals surface area contributed by atoms with Crippen molar-refractivity contribution in [1.29, 1.82) is 0 Å². The van der Waals surface area contributed by atoms with E-state index in [1.54, 1.807) is 4.90 Å². The summed E-state index contributed by atoms with van der Waals surface area (Å²) in [6.45, 7) is 1.58. The molecule has 1 spiro atoms. The lowest BCUT2D eigenvalue weighted by Crippen LogP contribution is -2.37. The molecular weight excluding hydrogens is 312 g/mol. The smallest absolute Gasteiger partial charge is 0.407 e. The molecule has 0 aromatic carbocycles. The van der Waals surface area contributed by atoms with Gasteiger partial charge in [-0.3, -0.25) is 9.59 Å². The summed E-state index contributed by atoms with van der Waals surface area (Å²) in [5.74, 6) is 0.466. The van der Waals surface area contributed by atoms with E-state index in [1.807, 2.05) is 0 Å². The number of hydrogen-bond acceptors (Lipinski definition) is 5. The normalized spacial score (nSPS) is 26.8. The Morgan fingerprint density at radius 2 is 2.04 bits per heavy atom. The number of amides is 2. The van der Waals surface area contributed by atoms with E-state index in [-0.39, 0.29) is 17.8 Å². The molecule has 1 N–H and O–H groups in total. The van der Waals surface area contributed by atoms with Gasteiger partial charge in [0.1, 0.15) is 17.6 Å². The van der Waals surface area contributed by atoms with E-state index < -0.39 is 5.60 Å². The number of ether oxygens (including phenoxy) is 1. The Kier molecular flexibility index (Phi) is 3.58. The molecule has 4 rings (SSSR count). The van der Waals surface area contributed by atoms with Crippen molar-refractivity contribution >= 4 is 17.8 Å². The first-order valence-electron chi connectivity index (χ1n) is 8.48. The number of carbonyl (C=O) groups excluding carboxylic acids is 3. The fourth-order valence-corrected chi connectivity index (χ4v) is 3.90. The van der Waals surface area contributed by atoms with Crippen LogP contribution < -0.4 is 5.32 Å². The molecule has 2 saturated heterocycles. The zero-order valence-electron chi connectivity index (χ0n) is 13.4. The minimum Gasteiger partial charge on any atom is -0.468 e. The first kappa shape index (κ1) is 15.2. The lowest BCUT2D eigenvalue weighted by atomic mass is 9.93. The summed E-state index contributed by atoms with van der Waals surface area (Å²) in [4.78, 5) is 38.2. The van der Waals surface area contributed by atoms with Crippen molar-refractivity contribution in [3.63, 3.8) is 0 Å². The van der Waals surface area contributed by atoms with E-state index in [2.05, 4.69) is 5.32 Å². The number of fused-ring (bicyclic) bond motifs is 1. The van der Waals surface area contributed by atoms with E-state index in [9.17, 15) is 14.4 Å². The minimum atomic E-state index is -0.502. The molecular formula is C17H20N2O5. The Bertz CT molecular complexity index is 710. The highest BCUT2D eigenvalue weighted by molar-refractivity contribution is 6.09. The second-order valence-electron chi connectivity index (χ2n) is 6.80. The fraction of sp³-hybridized carbons (Fsp3) is 0.588. The van der Waals surface area contributed by atoms with Gasteiger partial charge in [-0.05, 0) is 19.3 Å². The Labute approximate surface area is 139 Å². The van der Waals surface area contributed by atoms with Crippen LogP contribution in [0.15, 0.2) is 10.7 Å². The van der Waals surface area contributed by atoms with Crippen LogP contribution in [0.25, 0.3) is 0 Å². The van der Waals surface area contributed by atoms with Gasteiger partial charge in [0.2, 0.25) is 0 Å². The monoisotopic (exact) mass is 332 g/mol. The molecule has 0 unspecified atom stereocenters. The molecule has 0 radical (unpaired) electrons. The molecule has 24 heavy (non-hydrogen) atoms. The van der Waals surface area contributed by atoms with Crippen molar-refractivity contribution in [2.75, 3.05) is 19.6 Å². The Hall–Kier alpha value is -2.31. The summed E-state index contributed by atoms with van der Waals surface area (Å²) in [7, 11) is 0. The van der Waals surface area contributed by atoms with Crippen molar-refractivity contribution in [2.24, 2.45) is 0 Å². The van der Waals surface area contributed by atoms with E-state index >= 15 is 0 Å². The number of rotatable bonds is 1. The lowest BCUT2D eigenvalue weighted by Gasteiger charge is -2.25. The van der Waals surface area contributed by atoms with E-state index in [0.29, 0.717) is 55.8 Å². The largest absolute Gasteiger partial charge is 0.468 e. The first-order valence-corrected chi connectivity index (χ1v) is 8.48. The van der Waals surface area contributed by atoms with Crippen LogP contribution in [0.1, 0.15) is 58.6 Å². The van der Waals surface area contributed by atoms with Crippen molar-refractivity contribution in [1.82, 2.24) is 10.2 Å². The second-order valence-corrected chi connectivity index (χ2v) is 6.80. The molecule has 2 fully saturated rings. The van der Waals surface area contributed by atoms with Gasteiger partial charge in [0, 0.05) is 32.4 Å². The quantitative estimate of drug-likeness (QED) is 0.848. The predicted molar refractivity (Wildman–Crippen MR) is 82.9 cm³/mol. The molecule has 0 bridgehead atoms. The molecule has 7 heteroatoms. The molecule has 1 aliphatic carbocycles. The average Bonchev–Trinajstić information content (AvgIpc) is 3.09. The zero-order chi connectivity index (χ0) is 16.7. The third-order valence-electron chi connectivity index (χ3n) is 5.23. The number of ketones is 1. The number of furan rings is 1. The summed E-state index contributed by atoms with van der Waals surface area (Å²) in [5, 5.41) is 2.70. The van der Waals surface area contributed by atoms with Gasteiger partial charge < -0.3 is 19.4 Å². The average molecular weight is 332 g/mol. The Balaban J connectivity index is 1.52. The van der Waals surface area contributed by atoms with Crippen molar-refractivity contribution in [3.05, 3.63) is 23.2 Å². The number of Topliss-reactive ketones (excluding diaryl/α,β-unsaturated/α-hetero) is 1. The predicted octanol–water partition coefficient (Wildman–Crippen LogP) is 1.90.